The summed E-state index contributed by atoms with van der Waals surface area (Å²) in [6.45, 7) is 3.01. The Balaban J connectivity index is 1.73. The fourth-order valence-corrected chi connectivity index (χ4v) is 3.71. The van der Waals surface area contributed by atoms with E-state index in [-0.39, 0.29) is 18.8 Å². The molecule has 0 aromatic heterocycles. The van der Waals surface area contributed by atoms with E-state index in [1.54, 1.807) is 0 Å². The summed E-state index contributed by atoms with van der Waals surface area (Å²) >= 11 is 0. The third-order valence-corrected chi connectivity index (χ3v) is 4.83. The summed E-state index contributed by atoms with van der Waals surface area (Å²) in [4.78, 5) is 0. The molecule has 2 saturated carbocycles. The van der Waals surface area contributed by atoms with Crippen molar-refractivity contribution in [3.63, 3.8) is 0 Å². The van der Waals surface area contributed by atoms with E-state index in [2.05, 4.69) is 12.2 Å². The molecule has 2 unspecified atom stereocenters. The van der Waals surface area contributed by atoms with Crippen LogP contribution in [0.1, 0.15) is 64.7 Å². The first-order valence-electron chi connectivity index (χ1n) is 7.72. The molecular formula is C15H27F2N. The van der Waals surface area contributed by atoms with Gasteiger partial charge in [0.25, 0.3) is 0 Å². The Bertz CT molecular complexity index is 249. The topological polar surface area (TPSA) is 12.0 Å². The summed E-state index contributed by atoms with van der Waals surface area (Å²) in [6, 6.07) is 0.555. The Kier molecular flexibility index (Phi) is 4.99. The predicted molar refractivity (Wildman–Crippen MR) is 70.9 cm³/mol. The fraction of sp³-hybridized carbons (Fsp3) is 1.00. The van der Waals surface area contributed by atoms with Crippen LogP contribution in [0.3, 0.4) is 0 Å². The van der Waals surface area contributed by atoms with Crippen molar-refractivity contribution in [2.45, 2.75) is 76.7 Å². The van der Waals surface area contributed by atoms with Crippen molar-refractivity contribution in [3.8, 4) is 0 Å². The molecule has 0 radical (unpaired) electrons. The molecule has 0 spiro atoms. The smallest absolute Gasteiger partial charge is 0.248 e. The summed E-state index contributed by atoms with van der Waals surface area (Å²) in [5.74, 6) is -1.41. The maximum atomic E-state index is 13.1. The first kappa shape index (κ1) is 14.2. The molecule has 1 nitrogen and oxygen atoms in total. The van der Waals surface area contributed by atoms with Gasteiger partial charge in [0.1, 0.15) is 0 Å². The molecule has 2 atom stereocenters. The zero-order valence-corrected chi connectivity index (χ0v) is 11.6. The molecule has 0 heterocycles. The van der Waals surface area contributed by atoms with Crippen LogP contribution in [0, 0.1) is 11.8 Å². The highest BCUT2D eigenvalue weighted by atomic mass is 19.3. The lowest BCUT2D eigenvalue weighted by Crippen LogP contribution is -2.39. The molecule has 0 amide bonds. The van der Waals surface area contributed by atoms with Crippen molar-refractivity contribution in [2.24, 2.45) is 11.8 Å². The second-order valence-electron chi connectivity index (χ2n) is 6.29. The molecule has 0 bridgehead atoms. The summed E-state index contributed by atoms with van der Waals surface area (Å²) < 4.78 is 26.3. The molecule has 18 heavy (non-hydrogen) atoms. The average Bonchev–Trinajstić information content (AvgIpc) is 2.71. The van der Waals surface area contributed by atoms with Crippen LogP contribution in [0.5, 0.6) is 0 Å². The molecule has 2 aliphatic rings. The highest BCUT2D eigenvalue weighted by Gasteiger charge is 2.39. The first-order valence-corrected chi connectivity index (χ1v) is 7.72. The van der Waals surface area contributed by atoms with Gasteiger partial charge in [-0.2, -0.15) is 0 Å². The highest BCUT2D eigenvalue weighted by molar-refractivity contribution is 4.85. The number of hydrogen-bond donors (Lipinski definition) is 1. The van der Waals surface area contributed by atoms with Crippen LogP contribution in [0.25, 0.3) is 0 Å². The maximum Gasteiger partial charge on any atom is 0.248 e. The molecule has 0 aliphatic heterocycles. The van der Waals surface area contributed by atoms with Crippen molar-refractivity contribution < 1.29 is 8.78 Å². The van der Waals surface area contributed by atoms with Crippen molar-refractivity contribution in [2.75, 3.05) is 6.54 Å². The molecule has 0 saturated heterocycles. The van der Waals surface area contributed by atoms with Crippen molar-refractivity contribution in [3.05, 3.63) is 0 Å². The Hall–Kier alpha value is -0.180. The Labute approximate surface area is 110 Å². The Morgan fingerprint density at radius 3 is 2.44 bits per heavy atom. The van der Waals surface area contributed by atoms with E-state index in [9.17, 15) is 8.78 Å². The highest BCUT2D eigenvalue weighted by Crippen LogP contribution is 2.38. The van der Waals surface area contributed by atoms with Crippen LogP contribution in [0.2, 0.25) is 0 Å². The average molecular weight is 259 g/mol. The van der Waals surface area contributed by atoms with Crippen LogP contribution in [0.4, 0.5) is 8.78 Å². The van der Waals surface area contributed by atoms with Gasteiger partial charge in [0.15, 0.2) is 0 Å². The third-order valence-electron chi connectivity index (χ3n) is 4.83. The monoisotopic (exact) mass is 259 g/mol. The van der Waals surface area contributed by atoms with Crippen LogP contribution in [-0.4, -0.2) is 18.5 Å². The van der Waals surface area contributed by atoms with Crippen LogP contribution in [-0.2, 0) is 0 Å². The molecule has 2 rings (SSSR count). The SMILES string of the molecule is CCC(NCC1CCC(F)(F)C1)C1CCCCC1. The molecule has 1 N–H and O–H groups in total. The van der Waals surface area contributed by atoms with Crippen LogP contribution in [0.15, 0.2) is 0 Å². The normalized spacial score (nSPS) is 30.5. The Morgan fingerprint density at radius 1 is 1.17 bits per heavy atom. The predicted octanol–water partition coefficient (Wildman–Crippen LogP) is 4.37. The van der Waals surface area contributed by atoms with Gasteiger partial charge in [0.05, 0.1) is 0 Å². The summed E-state index contributed by atoms with van der Waals surface area (Å²) in [5.41, 5.74) is 0. The van der Waals surface area contributed by atoms with Gasteiger partial charge in [-0.3, -0.25) is 0 Å². The number of rotatable bonds is 5. The van der Waals surface area contributed by atoms with Crippen LogP contribution >= 0.6 is 0 Å². The molecule has 0 aromatic rings. The molecule has 2 aliphatic carbocycles. The summed E-state index contributed by atoms with van der Waals surface area (Å²) in [6.07, 6.45) is 8.75. The van der Waals surface area contributed by atoms with Gasteiger partial charge in [-0.05, 0) is 44.1 Å². The maximum absolute atomic E-state index is 13.1. The van der Waals surface area contributed by atoms with Crippen LogP contribution < -0.4 is 5.32 Å². The van der Waals surface area contributed by atoms with Gasteiger partial charge in [0, 0.05) is 18.9 Å². The zero-order valence-electron chi connectivity index (χ0n) is 11.6. The van der Waals surface area contributed by atoms with E-state index in [4.69, 9.17) is 0 Å². The lowest BCUT2D eigenvalue weighted by Gasteiger charge is -2.31. The van der Waals surface area contributed by atoms with E-state index in [1.165, 1.54) is 32.1 Å². The van der Waals surface area contributed by atoms with Gasteiger partial charge in [-0.25, -0.2) is 8.78 Å². The fourth-order valence-electron chi connectivity index (χ4n) is 3.71. The largest absolute Gasteiger partial charge is 0.313 e. The minimum atomic E-state index is -2.39. The van der Waals surface area contributed by atoms with E-state index >= 15 is 0 Å². The second kappa shape index (κ2) is 6.31. The van der Waals surface area contributed by atoms with Gasteiger partial charge in [0.2, 0.25) is 5.92 Å². The molecular weight excluding hydrogens is 232 g/mol. The molecule has 106 valence electrons. The van der Waals surface area contributed by atoms with E-state index in [0.717, 1.165) is 18.9 Å². The first-order chi connectivity index (χ1) is 8.61. The lowest BCUT2D eigenvalue weighted by atomic mass is 9.83. The number of alkyl halides is 2. The number of nitrogens with one attached hydrogen (secondary N) is 1. The quantitative estimate of drug-likeness (QED) is 0.773. The minimum absolute atomic E-state index is 0.0968. The van der Waals surface area contributed by atoms with E-state index in [0.29, 0.717) is 12.5 Å². The van der Waals surface area contributed by atoms with Crippen molar-refractivity contribution in [1.29, 1.82) is 0 Å². The van der Waals surface area contributed by atoms with Crippen molar-refractivity contribution >= 4 is 0 Å². The van der Waals surface area contributed by atoms with E-state index < -0.39 is 5.92 Å². The number of halogens is 2. The molecule has 0 aromatic carbocycles. The standard InChI is InChI=1S/C15H27F2N/c1-2-14(13-6-4-3-5-7-13)18-11-12-8-9-15(16,17)10-12/h12-14,18H,2-11H2,1H3. The van der Waals surface area contributed by atoms with Gasteiger partial charge < -0.3 is 5.32 Å². The molecule has 3 heteroatoms. The molecule has 2 fully saturated rings. The van der Waals surface area contributed by atoms with E-state index in [1.807, 2.05) is 0 Å². The van der Waals surface area contributed by atoms with Gasteiger partial charge in [-0.15, -0.1) is 0 Å². The second-order valence-corrected chi connectivity index (χ2v) is 6.29. The minimum Gasteiger partial charge on any atom is -0.313 e. The van der Waals surface area contributed by atoms with Crippen molar-refractivity contribution in [1.82, 2.24) is 5.32 Å². The zero-order chi connectivity index (χ0) is 13.0. The van der Waals surface area contributed by atoms with Gasteiger partial charge in [-0.1, -0.05) is 26.2 Å². The third kappa shape index (κ3) is 3.91. The Morgan fingerprint density at radius 2 is 1.89 bits per heavy atom. The lowest BCUT2D eigenvalue weighted by molar-refractivity contribution is 0.00488. The summed E-state index contributed by atoms with van der Waals surface area (Å²) in [5, 5.41) is 3.59. The summed E-state index contributed by atoms with van der Waals surface area (Å²) in [7, 11) is 0. The van der Waals surface area contributed by atoms with Gasteiger partial charge >= 0.3 is 0 Å². The number of hydrogen-bond acceptors (Lipinski definition) is 1.